The first-order valence-corrected chi connectivity index (χ1v) is 7.43. The van der Waals surface area contributed by atoms with Gasteiger partial charge in [0, 0.05) is 22.4 Å². The molecule has 0 unspecified atom stereocenters. The van der Waals surface area contributed by atoms with Gasteiger partial charge in [0.15, 0.2) is 0 Å². The van der Waals surface area contributed by atoms with E-state index < -0.39 is 5.24 Å². The van der Waals surface area contributed by atoms with E-state index in [1.807, 2.05) is 0 Å². The maximum atomic E-state index is 11.2. The Kier molecular flexibility index (Phi) is 5.14. The third-order valence-corrected chi connectivity index (χ3v) is 7.69. The standard InChI is InChI=1S/C7Br5ClO/c8-2-1(7(13)14)3(9)5(11)6(12)4(2)10. The van der Waals surface area contributed by atoms with E-state index in [4.69, 9.17) is 11.6 Å². The Morgan fingerprint density at radius 1 is 0.786 bits per heavy atom. The van der Waals surface area contributed by atoms with Crippen molar-refractivity contribution in [2.45, 2.75) is 0 Å². The molecule has 1 aromatic carbocycles. The Morgan fingerprint density at radius 2 is 1.07 bits per heavy atom. The average Bonchev–Trinajstić information content (AvgIpc) is 2.11. The first-order valence-electron chi connectivity index (χ1n) is 3.09. The van der Waals surface area contributed by atoms with Crippen LogP contribution in [0.25, 0.3) is 0 Å². The molecule has 0 aliphatic rings. The van der Waals surface area contributed by atoms with Crippen LogP contribution in [0.3, 0.4) is 0 Å². The van der Waals surface area contributed by atoms with Crippen LogP contribution < -0.4 is 0 Å². The molecule has 14 heavy (non-hydrogen) atoms. The fraction of sp³-hybridized carbons (Fsp3) is 0. The van der Waals surface area contributed by atoms with Crippen LogP contribution in [-0.4, -0.2) is 5.24 Å². The predicted octanol–water partition coefficient (Wildman–Crippen LogP) is 5.88. The molecule has 0 N–H and O–H groups in total. The van der Waals surface area contributed by atoms with Crippen LogP contribution in [0.4, 0.5) is 0 Å². The molecule has 1 nitrogen and oxygen atoms in total. The van der Waals surface area contributed by atoms with Gasteiger partial charge in [0.2, 0.25) is 0 Å². The Hall–Kier alpha value is 1.58. The Balaban J connectivity index is 3.68. The van der Waals surface area contributed by atoms with Gasteiger partial charge in [0.1, 0.15) is 0 Å². The highest BCUT2D eigenvalue weighted by molar-refractivity contribution is 9.15. The van der Waals surface area contributed by atoms with Gasteiger partial charge in [-0.1, -0.05) is 0 Å². The summed E-state index contributed by atoms with van der Waals surface area (Å²) in [6, 6.07) is 0. The molecular weight excluding hydrogens is 535 g/mol. The van der Waals surface area contributed by atoms with Gasteiger partial charge in [-0.05, 0) is 91.3 Å². The van der Waals surface area contributed by atoms with Crippen molar-refractivity contribution in [1.82, 2.24) is 0 Å². The van der Waals surface area contributed by atoms with Gasteiger partial charge in [0.25, 0.3) is 5.24 Å². The normalized spacial score (nSPS) is 10.4. The van der Waals surface area contributed by atoms with E-state index in [9.17, 15) is 4.79 Å². The highest BCUT2D eigenvalue weighted by Crippen LogP contribution is 2.44. The van der Waals surface area contributed by atoms with E-state index in [1.54, 1.807) is 0 Å². The minimum absolute atomic E-state index is 0.383. The lowest BCUT2D eigenvalue weighted by Crippen LogP contribution is -1.95. The number of benzene rings is 1. The first-order chi connectivity index (χ1) is 6.37. The summed E-state index contributed by atoms with van der Waals surface area (Å²) in [5.41, 5.74) is 0.383. The molecule has 0 saturated heterocycles. The van der Waals surface area contributed by atoms with Gasteiger partial charge in [-0.25, -0.2) is 0 Å². The SMILES string of the molecule is O=C(Cl)c1c(Br)c(Br)c(Br)c(Br)c1Br. The Morgan fingerprint density at radius 3 is 1.36 bits per heavy atom. The predicted molar refractivity (Wildman–Crippen MR) is 75.1 cm³/mol. The molecule has 1 rings (SSSR count). The molecule has 7 heteroatoms. The summed E-state index contributed by atoms with van der Waals surface area (Å²) in [7, 11) is 0. The zero-order valence-corrected chi connectivity index (χ0v) is 14.9. The fourth-order valence-electron chi connectivity index (χ4n) is 0.777. The number of rotatable bonds is 1. The van der Waals surface area contributed by atoms with Crippen molar-refractivity contribution in [3.8, 4) is 0 Å². The van der Waals surface area contributed by atoms with Crippen molar-refractivity contribution in [2.24, 2.45) is 0 Å². The fourth-order valence-corrected chi connectivity index (χ4v) is 4.60. The molecule has 0 aromatic heterocycles. The lowest BCUT2D eigenvalue weighted by Gasteiger charge is -2.09. The summed E-state index contributed by atoms with van der Waals surface area (Å²) in [6.45, 7) is 0. The lowest BCUT2D eigenvalue weighted by atomic mass is 10.2. The zero-order chi connectivity index (χ0) is 11.0. The highest BCUT2D eigenvalue weighted by atomic mass is 79.9. The van der Waals surface area contributed by atoms with Crippen LogP contribution in [0.1, 0.15) is 10.4 Å². The molecule has 0 saturated carbocycles. The number of carbonyl (C=O) groups excluding carboxylic acids is 1. The van der Waals surface area contributed by atoms with E-state index in [0.717, 1.165) is 13.4 Å². The maximum absolute atomic E-state index is 11.2. The topological polar surface area (TPSA) is 17.1 Å². The first kappa shape index (κ1) is 13.6. The molecule has 0 aliphatic heterocycles. The lowest BCUT2D eigenvalue weighted by molar-refractivity contribution is 0.108. The number of hydrogen-bond acceptors (Lipinski definition) is 1. The van der Waals surface area contributed by atoms with Crippen molar-refractivity contribution in [1.29, 1.82) is 0 Å². The molecule has 0 atom stereocenters. The summed E-state index contributed by atoms with van der Waals surface area (Å²) in [6.07, 6.45) is 0. The quantitative estimate of drug-likeness (QED) is 0.250. The monoisotopic (exact) mass is 530 g/mol. The van der Waals surface area contributed by atoms with Crippen molar-refractivity contribution in [3.05, 3.63) is 27.9 Å². The molecule has 0 heterocycles. The highest BCUT2D eigenvalue weighted by Gasteiger charge is 2.21. The van der Waals surface area contributed by atoms with Gasteiger partial charge in [-0.2, -0.15) is 0 Å². The number of hydrogen-bond donors (Lipinski definition) is 0. The van der Waals surface area contributed by atoms with E-state index in [-0.39, 0.29) is 0 Å². The minimum Gasteiger partial charge on any atom is -0.276 e. The summed E-state index contributed by atoms with van der Waals surface area (Å²) in [5, 5.41) is -0.530. The van der Waals surface area contributed by atoms with Gasteiger partial charge in [-0.15, -0.1) is 0 Å². The Labute approximate surface area is 128 Å². The summed E-state index contributed by atoms with van der Waals surface area (Å²) < 4.78 is 3.49. The summed E-state index contributed by atoms with van der Waals surface area (Å²) in [5.74, 6) is 0. The van der Waals surface area contributed by atoms with Crippen LogP contribution in [0.2, 0.25) is 0 Å². The molecular formula is C7Br5ClO. The largest absolute Gasteiger partial charge is 0.276 e. The summed E-state index contributed by atoms with van der Waals surface area (Å²) in [4.78, 5) is 11.2. The van der Waals surface area contributed by atoms with Crippen molar-refractivity contribution >= 4 is 96.5 Å². The van der Waals surface area contributed by atoms with Gasteiger partial charge < -0.3 is 0 Å². The van der Waals surface area contributed by atoms with Crippen LogP contribution in [-0.2, 0) is 0 Å². The van der Waals surface area contributed by atoms with Crippen molar-refractivity contribution < 1.29 is 4.79 Å². The Bertz CT molecular complexity index is 388. The molecule has 0 bridgehead atoms. The van der Waals surface area contributed by atoms with E-state index in [1.165, 1.54) is 0 Å². The third-order valence-electron chi connectivity index (χ3n) is 1.41. The van der Waals surface area contributed by atoms with Crippen LogP contribution in [0.5, 0.6) is 0 Å². The van der Waals surface area contributed by atoms with Gasteiger partial charge >= 0.3 is 0 Å². The van der Waals surface area contributed by atoms with E-state index in [0.29, 0.717) is 14.5 Å². The summed E-state index contributed by atoms with van der Waals surface area (Å²) >= 11 is 22.0. The van der Waals surface area contributed by atoms with Gasteiger partial charge in [0.05, 0.1) is 5.56 Å². The van der Waals surface area contributed by atoms with Crippen LogP contribution in [0, 0.1) is 0 Å². The van der Waals surface area contributed by atoms with Crippen LogP contribution >= 0.6 is 91.3 Å². The molecule has 0 aliphatic carbocycles. The van der Waals surface area contributed by atoms with Gasteiger partial charge in [-0.3, -0.25) is 4.79 Å². The van der Waals surface area contributed by atoms with Crippen molar-refractivity contribution in [3.63, 3.8) is 0 Å². The molecule has 0 fully saturated rings. The third kappa shape index (κ3) is 2.46. The molecule has 76 valence electrons. The zero-order valence-electron chi connectivity index (χ0n) is 6.18. The molecule has 0 amide bonds. The van der Waals surface area contributed by atoms with E-state index >= 15 is 0 Å². The molecule has 1 aromatic rings. The van der Waals surface area contributed by atoms with Crippen LogP contribution in [0.15, 0.2) is 22.4 Å². The van der Waals surface area contributed by atoms with E-state index in [2.05, 4.69) is 79.6 Å². The number of halogens is 6. The molecule has 0 spiro atoms. The second kappa shape index (κ2) is 5.27. The smallest absolute Gasteiger partial charge is 0.254 e. The maximum Gasteiger partial charge on any atom is 0.254 e. The van der Waals surface area contributed by atoms with Crippen molar-refractivity contribution in [2.75, 3.05) is 0 Å². The number of carbonyl (C=O) groups is 1. The average molecular weight is 535 g/mol. The minimum atomic E-state index is -0.530. The second-order valence-corrected chi connectivity index (χ2v) is 6.53. The molecule has 0 radical (unpaired) electrons. The second-order valence-electron chi connectivity index (χ2n) is 2.22.